The first kappa shape index (κ1) is 21.8. The Morgan fingerprint density at radius 2 is 1.69 bits per heavy atom. The fourth-order valence-electron chi connectivity index (χ4n) is 4.42. The number of carbonyl (C=O) groups excluding carboxylic acids is 1. The highest BCUT2D eigenvalue weighted by Crippen LogP contribution is 2.22. The molecule has 3 aromatic carbocycles. The van der Waals surface area contributed by atoms with Gasteiger partial charge in [-0.2, -0.15) is 0 Å². The summed E-state index contributed by atoms with van der Waals surface area (Å²) in [5, 5.41) is 5.95. The monoisotopic (exact) mass is 426 g/mol. The van der Waals surface area contributed by atoms with E-state index in [1.54, 1.807) is 0 Å². The van der Waals surface area contributed by atoms with Gasteiger partial charge in [0.2, 0.25) is 5.43 Å². The summed E-state index contributed by atoms with van der Waals surface area (Å²) in [7, 11) is 0. The van der Waals surface area contributed by atoms with E-state index in [0.29, 0.717) is 5.39 Å². The third-order valence-electron chi connectivity index (χ3n) is 6.27. The normalized spacial score (nSPS) is 12.2. The lowest BCUT2D eigenvalue weighted by atomic mass is 10.0. The van der Waals surface area contributed by atoms with E-state index in [-0.39, 0.29) is 22.9 Å². The summed E-state index contributed by atoms with van der Waals surface area (Å²) < 4.78 is 2.13. The number of aryl methyl sites for hydroxylation is 1. The molecule has 1 aromatic heterocycles. The zero-order chi connectivity index (χ0) is 22.7. The van der Waals surface area contributed by atoms with Crippen LogP contribution in [0.15, 0.2) is 71.5 Å². The van der Waals surface area contributed by atoms with Crippen LogP contribution in [0, 0.1) is 6.92 Å². The Hall–Kier alpha value is -3.40. The average molecular weight is 427 g/mol. The molecule has 1 unspecified atom stereocenters. The predicted molar refractivity (Wildman–Crippen MR) is 132 cm³/mol. The molecule has 0 aliphatic heterocycles. The second kappa shape index (κ2) is 9.39. The van der Waals surface area contributed by atoms with Crippen molar-refractivity contribution in [1.82, 2.24) is 9.88 Å². The lowest BCUT2D eigenvalue weighted by Gasteiger charge is -2.20. The second-order valence-corrected chi connectivity index (χ2v) is 8.47. The minimum atomic E-state index is -0.317. The number of nitrogens with one attached hydrogen (secondary N) is 1. The molecule has 0 aliphatic rings. The number of nitrogens with zero attached hydrogens (tertiary/aromatic N) is 1. The van der Waals surface area contributed by atoms with Crippen LogP contribution < -0.4 is 10.7 Å². The number of fused-ring (bicyclic) bond motifs is 2. The lowest BCUT2D eigenvalue weighted by molar-refractivity contribution is 0.0937. The maximum Gasteiger partial charge on any atom is 0.257 e. The van der Waals surface area contributed by atoms with Gasteiger partial charge >= 0.3 is 0 Å². The Balaban J connectivity index is 1.69. The molecule has 32 heavy (non-hydrogen) atoms. The third kappa shape index (κ3) is 4.18. The van der Waals surface area contributed by atoms with Crippen LogP contribution in [0.3, 0.4) is 0 Å². The van der Waals surface area contributed by atoms with Crippen molar-refractivity contribution in [2.75, 3.05) is 0 Å². The molecule has 4 nitrogen and oxygen atoms in total. The van der Waals surface area contributed by atoms with Gasteiger partial charge < -0.3 is 9.88 Å². The number of pyridine rings is 1. The zero-order valence-corrected chi connectivity index (χ0v) is 19.0. The van der Waals surface area contributed by atoms with E-state index in [2.05, 4.69) is 41.1 Å². The Labute approximate surface area is 188 Å². The van der Waals surface area contributed by atoms with Crippen molar-refractivity contribution < 1.29 is 4.79 Å². The number of hydrogen-bond acceptors (Lipinski definition) is 2. The first-order valence-corrected chi connectivity index (χ1v) is 11.4. The molecular weight excluding hydrogens is 396 g/mol. The molecule has 0 radical (unpaired) electrons. The fraction of sp³-hybridized carbons (Fsp3) is 0.286. The molecule has 0 saturated heterocycles. The largest absolute Gasteiger partial charge is 0.345 e. The Morgan fingerprint density at radius 1 is 0.969 bits per heavy atom. The molecule has 1 N–H and O–H groups in total. The van der Waals surface area contributed by atoms with Gasteiger partial charge in [0.05, 0.1) is 11.6 Å². The van der Waals surface area contributed by atoms with Gasteiger partial charge in [0.15, 0.2) is 0 Å². The smallest absolute Gasteiger partial charge is 0.257 e. The van der Waals surface area contributed by atoms with Crippen LogP contribution in [-0.2, 0) is 6.54 Å². The molecule has 1 heterocycles. The Morgan fingerprint density at radius 3 is 2.47 bits per heavy atom. The van der Waals surface area contributed by atoms with Gasteiger partial charge in [-0.1, -0.05) is 68.3 Å². The highest BCUT2D eigenvalue weighted by Gasteiger charge is 2.21. The summed E-state index contributed by atoms with van der Waals surface area (Å²) in [6, 6.07) is 21.7. The second-order valence-electron chi connectivity index (χ2n) is 8.47. The molecule has 1 atom stereocenters. The van der Waals surface area contributed by atoms with Crippen LogP contribution in [0.5, 0.6) is 0 Å². The van der Waals surface area contributed by atoms with Crippen molar-refractivity contribution in [3.63, 3.8) is 0 Å². The lowest BCUT2D eigenvalue weighted by Crippen LogP contribution is -2.33. The van der Waals surface area contributed by atoms with Crippen molar-refractivity contribution in [2.24, 2.45) is 0 Å². The molecule has 4 aromatic rings. The van der Waals surface area contributed by atoms with Crippen molar-refractivity contribution in [2.45, 2.75) is 52.6 Å². The van der Waals surface area contributed by atoms with Gasteiger partial charge in [-0.05, 0) is 54.8 Å². The third-order valence-corrected chi connectivity index (χ3v) is 6.27. The number of unbranched alkanes of at least 4 members (excludes halogenated alkanes) is 2. The van der Waals surface area contributed by atoms with E-state index in [1.165, 1.54) is 0 Å². The summed E-state index contributed by atoms with van der Waals surface area (Å²) >= 11 is 0. The number of amides is 1. The Kier molecular flexibility index (Phi) is 6.40. The zero-order valence-electron chi connectivity index (χ0n) is 19.0. The number of aromatic nitrogens is 1. The van der Waals surface area contributed by atoms with Gasteiger partial charge in [0.25, 0.3) is 5.91 Å². The standard InChI is InChI=1S/C28H30N2O2/c1-4-5-10-17-30-20(3)26(27(31)24-13-8-9-14-25(24)30)28(32)29-19(2)22-16-15-21-11-6-7-12-23(21)18-22/h6-9,11-16,18-19H,4-5,10,17H2,1-3H3,(H,29,32). The van der Waals surface area contributed by atoms with Crippen molar-refractivity contribution in [1.29, 1.82) is 0 Å². The molecule has 0 aliphatic carbocycles. The maximum absolute atomic E-state index is 13.3. The molecule has 164 valence electrons. The van der Waals surface area contributed by atoms with Crippen LogP contribution in [0.25, 0.3) is 21.7 Å². The minimum absolute atomic E-state index is 0.201. The van der Waals surface area contributed by atoms with Crippen molar-refractivity contribution >= 4 is 27.6 Å². The SMILES string of the molecule is CCCCCn1c(C)c(C(=O)NC(C)c2ccc3ccccc3c2)c(=O)c2ccccc21. The predicted octanol–water partition coefficient (Wildman–Crippen LogP) is 6.14. The van der Waals surface area contributed by atoms with E-state index in [4.69, 9.17) is 0 Å². The molecule has 0 bridgehead atoms. The van der Waals surface area contributed by atoms with Gasteiger partial charge in [0, 0.05) is 17.6 Å². The summed E-state index contributed by atoms with van der Waals surface area (Å²) in [5.74, 6) is -0.317. The van der Waals surface area contributed by atoms with E-state index in [0.717, 1.165) is 53.4 Å². The summed E-state index contributed by atoms with van der Waals surface area (Å²) in [6.45, 7) is 6.80. The molecule has 0 saturated carbocycles. The van der Waals surface area contributed by atoms with Gasteiger partial charge in [-0.25, -0.2) is 0 Å². The van der Waals surface area contributed by atoms with E-state index in [9.17, 15) is 9.59 Å². The summed E-state index contributed by atoms with van der Waals surface area (Å²) in [6.07, 6.45) is 3.24. The highest BCUT2D eigenvalue weighted by atomic mass is 16.2. The number of para-hydroxylation sites is 1. The molecule has 0 spiro atoms. The number of carbonyl (C=O) groups is 1. The number of hydrogen-bond donors (Lipinski definition) is 1. The van der Waals surface area contributed by atoms with Crippen LogP contribution in [0.4, 0.5) is 0 Å². The van der Waals surface area contributed by atoms with E-state index >= 15 is 0 Å². The van der Waals surface area contributed by atoms with Gasteiger partial charge in [0.1, 0.15) is 5.56 Å². The molecule has 0 fully saturated rings. The highest BCUT2D eigenvalue weighted by molar-refractivity contribution is 5.99. The first-order valence-electron chi connectivity index (χ1n) is 11.4. The van der Waals surface area contributed by atoms with Gasteiger partial charge in [-0.15, -0.1) is 0 Å². The van der Waals surface area contributed by atoms with E-state index in [1.807, 2.05) is 56.3 Å². The van der Waals surface area contributed by atoms with Crippen LogP contribution in [-0.4, -0.2) is 10.5 Å². The molecule has 1 amide bonds. The number of benzene rings is 3. The molecular formula is C28H30N2O2. The average Bonchev–Trinajstić information content (AvgIpc) is 2.81. The van der Waals surface area contributed by atoms with Crippen LogP contribution in [0.1, 0.15) is 60.8 Å². The van der Waals surface area contributed by atoms with Crippen LogP contribution in [0.2, 0.25) is 0 Å². The van der Waals surface area contributed by atoms with E-state index < -0.39 is 0 Å². The topological polar surface area (TPSA) is 51.1 Å². The molecule has 4 heteroatoms. The van der Waals surface area contributed by atoms with Crippen LogP contribution >= 0.6 is 0 Å². The summed E-state index contributed by atoms with van der Waals surface area (Å²) in [4.78, 5) is 26.6. The Bertz CT molecular complexity index is 1340. The maximum atomic E-state index is 13.3. The fourth-order valence-corrected chi connectivity index (χ4v) is 4.42. The molecule has 4 rings (SSSR count). The number of rotatable bonds is 7. The summed E-state index contributed by atoms with van der Waals surface area (Å²) in [5.41, 5.74) is 2.68. The van der Waals surface area contributed by atoms with Crippen molar-refractivity contribution in [3.8, 4) is 0 Å². The van der Waals surface area contributed by atoms with Crippen molar-refractivity contribution in [3.05, 3.63) is 93.8 Å². The van der Waals surface area contributed by atoms with Gasteiger partial charge in [-0.3, -0.25) is 9.59 Å². The first-order chi connectivity index (χ1) is 15.5. The quantitative estimate of drug-likeness (QED) is 0.361. The minimum Gasteiger partial charge on any atom is -0.345 e.